The summed E-state index contributed by atoms with van der Waals surface area (Å²) >= 11 is 0. The molecule has 1 amide bonds. The molecule has 0 aliphatic carbocycles. The van der Waals surface area contributed by atoms with Gasteiger partial charge in [-0.3, -0.25) is 13.8 Å². The van der Waals surface area contributed by atoms with Gasteiger partial charge >= 0.3 is 7.82 Å². The van der Waals surface area contributed by atoms with Crippen molar-refractivity contribution in [3.8, 4) is 0 Å². The van der Waals surface area contributed by atoms with Crippen molar-refractivity contribution in [1.82, 2.24) is 5.32 Å². The summed E-state index contributed by atoms with van der Waals surface area (Å²) in [5.41, 5.74) is 0. The summed E-state index contributed by atoms with van der Waals surface area (Å²) in [7, 11) is 1.53. The molecular weight excluding hydrogens is 455 g/mol. The number of phosphoric ester groups is 1. The normalized spacial score (nSPS) is 16.3. The lowest BCUT2D eigenvalue weighted by molar-refractivity contribution is -0.870. The van der Waals surface area contributed by atoms with Crippen LogP contribution < -0.4 is 5.32 Å². The number of unbranched alkanes of at least 4 members (excludes halogenated alkanes) is 4. The second-order valence-electron chi connectivity index (χ2n) is 9.36. The standard InChI is InChI=1S/C25H47N2O6P/c1-6-8-10-11-12-13-14-15-17-18-24(28)23(26-25(29)19-16-9-7-2)22-33-34(30,31)32-21-20-27(3,4)5/h6,8,12-13,17-18,23-24,28H,7,9-11,14-16,19-22H2,1-5H3,(H-,26,29,30,31)/p+1/b8-6+,13-12+,18-17+. The second-order valence-corrected chi connectivity index (χ2v) is 10.8. The highest BCUT2D eigenvalue weighted by Gasteiger charge is 2.27. The molecule has 0 bridgehead atoms. The van der Waals surface area contributed by atoms with E-state index in [-0.39, 0.29) is 19.1 Å². The number of nitrogens with zero attached hydrogens (tertiary/aromatic N) is 1. The number of quaternary nitrogens is 1. The molecule has 0 aliphatic rings. The fourth-order valence-corrected chi connectivity index (χ4v) is 3.57. The Hall–Kier alpha value is -1.28. The molecule has 34 heavy (non-hydrogen) atoms. The summed E-state index contributed by atoms with van der Waals surface area (Å²) in [4.78, 5) is 22.3. The zero-order chi connectivity index (χ0) is 25.9. The Kier molecular flexibility index (Phi) is 18.3. The van der Waals surface area contributed by atoms with Crippen LogP contribution in [0.3, 0.4) is 0 Å². The Labute approximate surface area is 206 Å². The van der Waals surface area contributed by atoms with Gasteiger partial charge in [-0.1, -0.05) is 56.2 Å². The predicted molar refractivity (Wildman–Crippen MR) is 138 cm³/mol. The van der Waals surface area contributed by atoms with Crippen molar-refractivity contribution in [1.29, 1.82) is 0 Å². The minimum Gasteiger partial charge on any atom is -0.387 e. The zero-order valence-corrected chi connectivity index (χ0v) is 22.7. The monoisotopic (exact) mass is 503 g/mol. The van der Waals surface area contributed by atoms with Crippen molar-refractivity contribution in [3.63, 3.8) is 0 Å². The van der Waals surface area contributed by atoms with Crippen LogP contribution in [0.5, 0.6) is 0 Å². The molecule has 0 aromatic heterocycles. The molecule has 3 unspecified atom stereocenters. The van der Waals surface area contributed by atoms with E-state index >= 15 is 0 Å². The van der Waals surface area contributed by atoms with Gasteiger partial charge in [0.2, 0.25) is 5.91 Å². The summed E-state index contributed by atoms with van der Waals surface area (Å²) in [5.74, 6) is -0.225. The number of likely N-dealkylation sites (N-methyl/N-ethyl adjacent to an activating group) is 1. The molecule has 0 spiro atoms. The van der Waals surface area contributed by atoms with Gasteiger partial charge in [0.25, 0.3) is 0 Å². The Morgan fingerprint density at radius 2 is 1.65 bits per heavy atom. The first-order chi connectivity index (χ1) is 16.0. The number of nitrogens with one attached hydrogen (secondary N) is 1. The van der Waals surface area contributed by atoms with Gasteiger partial charge in [0, 0.05) is 6.42 Å². The third-order valence-electron chi connectivity index (χ3n) is 4.94. The molecule has 0 aliphatic heterocycles. The van der Waals surface area contributed by atoms with E-state index in [0.29, 0.717) is 17.4 Å². The van der Waals surface area contributed by atoms with Crippen LogP contribution in [0.15, 0.2) is 36.5 Å². The molecule has 0 radical (unpaired) electrons. The first-order valence-electron chi connectivity index (χ1n) is 12.3. The molecule has 9 heteroatoms. The largest absolute Gasteiger partial charge is 0.472 e. The lowest BCUT2D eigenvalue weighted by Gasteiger charge is -2.25. The fraction of sp³-hybridized carbons (Fsp3) is 0.720. The van der Waals surface area contributed by atoms with Crippen molar-refractivity contribution >= 4 is 13.7 Å². The number of carbonyl (C=O) groups is 1. The molecule has 0 rings (SSSR count). The molecule has 3 N–H and O–H groups in total. The summed E-state index contributed by atoms with van der Waals surface area (Å²) < 4.78 is 22.9. The average Bonchev–Trinajstić information content (AvgIpc) is 2.74. The van der Waals surface area contributed by atoms with E-state index in [1.807, 2.05) is 40.2 Å². The van der Waals surface area contributed by atoms with Gasteiger partial charge in [0.05, 0.1) is 39.9 Å². The maximum atomic E-state index is 12.3. The minimum atomic E-state index is -4.30. The summed E-state index contributed by atoms with van der Waals surface area (Å²) in [6.07, 6.45) is 17.4. The van der Waals surface area contributed by atoms with Crippen molar-refractivity contribution in [2.45, 2.75) is 77.4 Å². The van der Waals surface area contributed by atoms with E-state index < -0.39 is 20.0 Å². The van der Waals surface area contributed by atoms with Crippen LogP contribution in [0.1, 0.15) is 65.2 Å². The van der Waals surface area contributed by atoms with E-state index in [1.54, 1.807) is 6.08 Å². The summed E-state index contributed by atoms with van der Waals surface area (Å²) in [6.45, 7) is 4.30. The number of aliphatic hydroxyl groups is 1. The molecule has 0 aromatic rings. The van der Waals surface area contributed by atoms with Crippen LogP contribution in [0.4, 0.5) is 0 Å². The summed E-state index contributed by atoms with van der Waals surface area (Å²) in [6, 6.07) is -0.857. The molecule has 0 heterocycles. The Balaban J connectivity index is 4.80. The number of rotatable bonds is 20. The third-order valence-corrected chi connectivity index (χ3v) is 5.92. The number of aliphatic hydroxyl groups excluding tert-OH is 1. The lowest BCUT2D eigenvalue weighted by Crippen LogP contribution is -2.45. The first kappa shape index (κ1) is 32.7. The van der Waals surface area contributed by atoms with Gasteiger partial charge in [0.15, 0.2) is 0 Å². The summed E-state index contributed by atoms with van der Waals surface area (Å²) in [5, 5.41) is 13.3. The molecule has 0 fully saturated rings. The lowest BCUT2D eigenvalue weighted by atomic mass is 10.1. The number of amides is 1. The van der Waals surface area contributed by atoms with Crippen molar-refractivity contribution < 1.29 is 32.9 Å². The van der Waals surface area contributed by atoms with Gasteiger partial charge in [-0.25, -0.2) is 4.57 Å². The minimum absolute atomic E-state index is 0.0516. The quantitative estimate of drug-likeness (QED) is 0.0978. The maximum absolute atomic E-state index is 12.3. The Morgan fingerprint density at radius 1 is 1.03 bits per heavy atom. The first-order valence-corrected chi connectivity index (χ1v) is 13.8. The number of hydrogen-bond acceptors (Lipinski definition) is 5. The smallest absolute Gasteiger partial charge is 0.387 e. The van der Waals surface area contributed by atoms with Crippen molar-refractivity contribution in [3.05, 3.63) is 36.5 Å². The predicted octanol–water partition coefficient (Wildman–Crippen LogP) is 4.50. The molecule has 3 atom stereocenters. The van der Waals surface area contributed by atoms with Crippen molar-refractivity contribution in [2.24, 2.45) is 0 Å². The van der Waals surface area contributed by atoms with E-state index in [4.69, 9.17) is 9.05 Å². The van der Waals surface area contributed by atoms with E-state index in [9.17, 15) is 19.4 Å². The number of carbonyl (C=O) groups excluding carboxylic acids is 1. The highest BCUT2D eigenvalue weighted by Crippen LogP contribution is 2.43. The Bertz CT molecular complexity index is 673. The van der Waals surface area contributed by atoms with Crippen LogP contribution in [-0.4, -0.2) is 73.4 Å². The molecule has 198 valence electrons. The maximum Gasteiger partial charge on any atom is 0.472 e. The fourth-order valence-electron chi connectivity index (χ4n) is 2.84. The van der Waals surface area contributed by atoms with Crippen LogP contribution in [0.25, 0.3) is 0 Å². The van der Waals surface area contributed by atoms with Crippen LogP contribution in [-0.2, 0) is 18.4 Å². The van der Waals surface area contributed by atoms with Gasteiger partial charge in [-0.2, -0.15) is 0 Å². The van der Waals surface area contributed by atoms with Gasteiger partial charge in [-0.15, -0.1) is 0 Å². The van der Waals surface area contributed by atoms with Crippen LogP contribution >= 0.6 is 7.82 Å². The highest BCUT2D eigenvalue weighted by atomic mass is 31.2. The molecule has 0 saturated heterocycles. The zero-order valence-electron chi connectivity index (χ0n) is 21.8. The van der Waals surface area contributed by atoms with Crippen LogP contribution in [0.2, 0.25) is 0 Å². The molecular formula is C25H48N2O6P+. The average molecular weight is 504 g/mol. The SMILES string of the molecule is C/C=C/CC/C=C/CC/C=C/C(O)C(COP(=O)(O)OCC[N+](C)(C)C)NC(=O)CCCCC. The van der Waals surface area contributed by atoms with Gasteiger partial charge in [-0.05, 0) is 39.0 Å². The topological polar surface area (TPSA) is 105 Å². The third kappa shape index (κ3) is 20.1. The van der Waals surface area contributed by atoms with Crippen molar-refractivity contribution in [2.75, 3.05) is 40.9 Å². The highest BCUT2D eigenvalue weighted by molar-refractivity contribution is 7.47. The molecule has 0 aromatic carbocycles. The second kappa shape index (κ2) is 19.0. The Morgan fingerprint density at radius 3 is 2.24 bits per heavy atom. The van der Waals surface area contributed by atoms with E-state index in [0.717, 1.165) is 44.9 Å². The van der Waals surface area contributed by atoms with E-state index in [1.165, 1.54) is 0 Å². The molecule has 0 saturated carbocycles. The molecule has 8 nitrogen and oxygen atoms in total. The van der Waals surface area contributed by atoms with Gasteiger partial charge < -0.3 is 19.8 Å². The van der Waals surface area contributed by atoms with Crippen LogP contribution in [0, 0.1) is 0 Å². The van der Waals surface area contributed by atoms with E-state index in [2.05, 4.69) is 30.5 Å². The van der Waals surface area contributed by atoms with Gasteiger partial charge in [0.1, 0.15) is 13.2 Å². The number of hydrogen-bond donors (Lipinski definition) is 3. The number of phosphoric acid groups is 1. The number of allylic oxidation sites excluding steroid dienone is 5.